The molecule has 0 aromatic rings. The molecule has 0 bridgehead atoms. The van der Waals surface area contributed by atoms with Gasteiger partial charge in [0.1, 0.15) is 0 Å². The lowest BCUT2D eigenvalue weighted by Gasteiger charge is -2.45. The van der Waals surface area contributed by atoms with Crippen LogP contribution < -0.4 is 0 Å². The van der Waals surface area contributed by atoms with Crippen molar-refractivity contribution in [1.82, 2.24) is 9.21 Å². The SMILES string of the molecule is CSN1CC(N2CCCCC2)C1. The first-order chi connectivity index (χ1) is 5.90. The molecular formula is C9H18N2S. The zero-order valence-electron chi connectivity index (χ0n) is 7.83. The van der Waals surface area contributed by atoms with Crippen molar-refractivity contribution < 1.29 is 0 Å². The summed E-state index contributed by atoms with van der Waals surface area (Å²) < 4.78 is 2.44. The molecule has 12 heavy (non-hydrogen) atoms. The molecule has 0 N–H and O–H groups in total. The second-order valence-corrected chi connectivity index (χ2v) is 4.66. The van der Waals surface area contributed by atoms with Gasteiger partial charge in [0.2, 0.25) is 0 Å². The smallest absolute Gasteiger partial charge is 0.0369 e. The van der Waals surface area contributed by atoms with Crippen molar-refractivity contribution in [2.75, 3.05) is 32.4 Å². The summed E-state index contributed by atoms with van der Waals surface area (Å²) in [6, 6.07) is 0.887. The number of likely N-dealkylation sites (tertiary alicyclic amines) is 1. The Labute approximate surface area is 79.4 Å². The largest absolute Gasteiger partial charge is 0.298 e. The Morgan fingerprint density at radius 3 is 2.33 bits per heavy atom. The lowest BCUT2D eigenvalue weighted by molar-refractivity contribution is 0.0778. The van der Waals surface area contributed by atoms with Crippen LogP contribution in [-0.4, -0.2) is 47.7 Å². The van der Waals surface area contributed by atoms with Crippen LogP contribution in [-0.2, 0) is 0 Å². The maximum absolute atomic E-state index is 2.68. The van der Waals surface area contributed by atoms with E-state index < -0.39 is 0 Å². The molecule has 0 radical (unpaired) electrons. The molecule has 70 valence electrons. The van der Waals surface area contributed by atoms with Crippen molar-refractivity contribution in [1.29, 1.82) is 0 Å². The van der Waals surface area contributed by atoms with E-state index >= 15 is 0 Å². The molecule has 2 rings (SSSR count). The van der Waals surface area contributed by atoms with Crippen LogP contribution >= 0.6 is 11.9 Å². The van der Waals surface area contributed by atoms with Crippen LogP contribution in [0.25, 0.3) is 0 Å². The Morgan fingerprint density at radius 2 is 1.75 bits per heavy atom. The standard InChI is InChI=1S/C9H18N2S/c1-12-11-7-9(8-11)10-5-3-2-4-6-10/h9H,2-8H2,1H3. The normalized spacial score (nSPS) is 28.8. The quantitative estimate of drug-likeness (QED) is 0.602. The fraction of sp³-hybridized carbons (Fsp3) is 1.00. The van der Waals surface area contributed by atoms with E-state index in [1.54, 1.807) is 0 Å². The van der Waals surface area contributed by atoms with Gasteiger partial charge in [-0.1, -0.05) is 18.4 Å². The number of hydrogen-bond donors (Lipinski definition) is 0. The van der Waals surface area contributed by atoms with Crippen LogP contribution in [0.4, 0.5) is 0 Å². The zero-order chi connectivity index (χ0) is 8.39. The third-order valence-electron chi connectivity index (χ3n) is 2.99. The van der Waals surface area contributed by atoms with Crippen LogP contribution in [0.5, 0.6) is 0 Å². The van der Waals surface area contributed by atoms with E-state index in [9.17, 15) is 0 Å². The third-order valence-corrected chi connectivity index (χ3v) is 3.81. The molecule has 0 saturated carbocycles. The molecule has 3 heteroatoms. The Morgan fingerprint density at radius 1 is 1.08 bits per heavy atom. The molecule has 2 aliphatic rings. The Balaban J connectivity index is 1.72. The summed E-state index contributed by atoms with van der Waals surface area (Å²) in [4.78, 5) is 2.68. The minimum atomic E-state index is 0.887. The molecule has 0 aromatic carbocycles. The molecule has 2 nitrogen and oxygen atoms in total. The Hall–Kier alpha value is 0.270. The lowest BCUT2D eigenvalue weighted by Crippen LogP contribution is -2.57. The first-order valence-electron chi connectivity index (χ1n) is 4.93. The lowest BCUT2D eigenvalue weighted by atomic mass is 10.1. The van der Waals surface area contributed by atoms with Crippen molar-refractivity contribution in [3.05, 3.63) is 0 Å². The van der Waals surface area contributed by atoms with Crippen molar-refractivity contribution in [2.45, 2.75) is 25.3 Å². The Bertz CT molecular complexity index is 139. The summed E-state index contributed by atoms with van der Waals surface area (Å²) in [5.74, 6) is 0. The van der Waals surface area contributed by atoms with Gasteiger partial charge in [0, 0.05) is 19.1 Å². The summed E-state index contributed by atoms with van der Waals surface area (Å²) in [7, 11) is 0. The molecule has 0 aliphatic carbocycles. The highest BCUT2D eigenvalue weighted by atomic mass is 32.2. The molecular weight excluding hydrogens is 168 g/mol. The number of piperidine rings is 1. The van der Waals surface area contributed by atoms with Gasteiger partial charge >= 0.3 is 0 Å². The highest BCUT2D eigenvalue weighted by Crippen LogP contribution is 2.23. The van der Waals surface area contributed by atoms with Gasteiger partial charge in [-0.05, 0) is 32.2 Å². The van der Waals surface area contributed by atoms with E-state index in [4.69, 9.17) is 0 Å². The molecule has 0 spiro atoms. The molecule has 0 aromatic heterocycles. The average Bonchev–Trinajstić information content (AvgIpc) is 2.04. The van der Waals surface area contributed by atoms with Gasteiger partial charge in [0.05, 0.1) is 0 Å². The molecule has 0 amide bonds. The van der Waals surface area contributed by atoms with Crippen LogP contribution in [0.15, 0.2) is 0 Å². The van der Waals surface area contributed by atoms with Gasteiger partial charge < -0.3 is 0 Å². The van der Waals surface area contributed by atoms with Gasteiger partial charge in [-0.15, -0.1) is 0 Å². The summed E-state index contributed by atoms with van der Waals surface area (Å²) in [6.07, 6.45) is 6.48. The molecule has 2 aliphatic heterocycles. The minimum Gasteiger partial charge on any atom is -0.298 e. The van der Waals surface area contributed by atoms with Gasteiger partial charge in [0.25, 0.3) is 0 Å². The van der Waals surface area contributed by atoms with Gasteiger partial charge in [-0.25, -0.2) is 4.31 Å². The first-order valence-corrected chi connectivity index (χ1v) is 6.11. The predicted octanol–water partition coefficient (Wildman–Crippen LogP) is 1.43. The van der Waals surface area contributed by atoms with E-state index in [-0.39, 0.29) is 0 Å². The molecule has 2 saturated heterocycles. The summed E-state index contributed by atoms with van der Waals surface area (Å²) in [6.45, 7) is 5.29. The summed E-state index contributed by atoms with van der Waals surface area (Å²) in [5.41, 5.74) is 0. The topological polar surface area (TPSA) is 6.48 Å². The molecule has 0 unspecified atom stereocenters. The molecule has 0 atom stereocenters. The minimum absolute atomic E-state index is 0.887. The monoisotopic (exact) mass is 186 g/mol. The fourth-order valence-corrected chi connectivity index (χ4v) is 2.72. The number of hydrogen-bond acceptors (Lipinski definition) is 3. The van der Waals surface area contributed by atoms with Crippen LogP contribution in [0.3, 0.4) is 0 Å². The van der Waals surface area contributed by atoms with E-state index in [1.807, 2.05) is 11.9 Å². The van der Waals surface area contributed by atoms with Crippen LogP contribution in [0.1, 0.15) is 19.3 Å². The predicted molar refractivity (Wildman–Crippen MR) is 54.3 cm³/mol. The van der Waals surface area contributed by atoms with E-state index in [1.165, 1.54) is 45.4 Å². The van der Waals surface area contributed by atoms with E-state index in [0.717, 1.165) is 6.04 Å². The second kappa shape index (κ2) is 3.99. The zero-order valence-corrected chi connectivity index (χ0v) is 8.65. The maximum Gasteiger partial charge on any atom is 0.0369 e. The van der Waals surface area contributed by atoms with E-state index in [2.05, 4.69) is 15.5 Å². The van der Waals surface area contributed by atoms with Crippen molar-refractivity contribution in [3.8, 4) is 0 Å². The van der Waals surface area contributed by atoms with Crippen molar-refractivity contribution in [2.24, 2.45) is 0 Å². The maximum atomic E-state index is 2.68. The highest BCUT2D eigenvalue weighted by Gasteiger charge is 2.31. The third kappa shape index (κ3) is 1.78. The summed E-state index contributed by atoms with van der Waals surface area (Å²) >= 11 is 1.89. The van der Waals surface area contributed by atoms with Crippen LogP contribution in [0.2, 0.25) is 0 Å². The fourth-order valence-electron chi connectivity index (χ4n) is 2.08. The van der Waals surface area contributed by atoms with Gasteiger partial charge in [-0.3, -0.25) is 4.90 Å². The highest BCUT2D eigenvalue weighted by molar-refractivity contribution is 7.96. The molecule has 2 fully saturated rings. The summed E-state index contributed by atoms with van der Waals surface area (Å²) in [5, 5.41) is 0. The van der Waals surface area contributed by atoms with Crippen LogP contribution in [0, 0.1) is 0 Å². The first kappa shape index (κ1) is 8.85. The Kier molecular flexibility index (Phi) is 2.94. The molecule has 2 heterocycles. The number of nitrogens with zero attached hydrogens (tertiary/aromatic N) is 2. The average molecular weight is 186 g/mol. The second-order valence-electron chi connectivity index (χ2n) is 3.78. The number of rotatable bonds is 2. The van der Waals surface area contributed by atoms with Crippen molar-refractivity contribution >= 4 is 11.9 Å². The van der Waals surface area contributed by atoms with Gasteiger partial charge in [0.15, 0.2) is 0 Å². The van der Waals surface area contributed by atoms with Crippen molar-refractivity contribution in [3.63, 3.8) is 0 Å². The van der Waals surface area contributed by atoms with E-state index in [0.29, 0.717) is 0 Å². The van der Waals surface area contributed by atoms with Gasteiger partial charge in [-0.2, -0.15) is 0 Å².